The molecule has 1 N–H and O–H groups in total. The first-order valence-corrected chi connectivity index (χ1v) is 8.72. The Morgan fingerprint density at radius 3 is 2.86 bits per heavy atom. The smallest absolute Gasteiger partial charge is 0.0335 e. The zero-order chi connectivity index (χ0) is 14.5. The van der Waals surface area contributed by atoms with Gasteiger partial charge in [-0.25, -0.2) is 0 Å². The highest BCUT2D eigenvalue weighted by Gasteiger charge is 2.28. The van der Waals surface area contributed by atoms with Crippen LogP contribution in [-0.2, 0) is 0 Å². The van der Waals surface area contributed by atoms with Gasteiger partial charge in [0.25, 0.3) is 0 Å². The minimum absolute atomic E-state index is 0.477. The molecule has 1 aromatic heterocycles. The number of rotatable bonds is 3. The number of pyridine rings is 1. The maximum Gasteiger partial charge on any atom is 0.0335 e. The first-order valence-electron chi connectivity index (χ1n) is 8.72. The number of aromatic nitrogens is 1. The Hall–Kier alpha value is -0.930. The fourth-order valence-electron chi connectivity index (χ4n) is 4.02. The second kappa shape index (κ2) is 7.37. The van der Waals surface area contributed by atoms with Gasteiger partial charge in [-0.05, 0) is 50.3 Å². The molecular formula is C18H29N3. The van der Waals surface area contributed by atoms with E-state index in [9.17, 15) is 0 Å². The molecule has 2 unspecified atom stereocenters. The molecule has 2 fully saturated rings. The van der Waals surface area contributed by atoms with Gasteiger partial charge in [-0.1, -0.05) is 25.3 Å². The molecule has 116 valence electrons. The quantitative estimate of drug-likeness (QED) is 0.923. The predicted molar refractivity (Wildman–Crippen MR) is 87.2 cm³/mol. The Labute approximate surface area is 129 Å². The van der Waals surface area contributed by atoms with E-state index >= 15 is 0 Å². The second-order valence-electron chi connectivity index (χ2n) is 6.77. The van der Waals surface area contributed by atoms with Crippen LogP contribution in [0.25, 0.3) is 0 Å². The fourth-order valence-corrected chi connectivity index (χ4v) is 4.02. The van der Waals surface area contributed by atoms with Crippen LogP contribution in [0.3, 0.4) is 0 Å². The SMILES string of the molecule is CC(c1cccnc1)N1CCCNC(C2CCCCC2)C1. The van der Waals surface area contributed by atoms with Gasteiger partial charge in [0.1, 0.15) is 0 Å². The summed E-state index contributed by atoms with van der Waals surface area (Å²) in [6.07, 6.45) is 12.3. The second-order valence-corrected chi connectivity index (χ2v) is 6.77. The van der Waals surface area contributed by atoms with Gasteiger partial charge in [-0.15, -0.1) is 0 Å². The van der Waals surface area contributed by atoms with Crippen LogP contribution in [0.4, 0.5) is 0 Å². The molecule has 3 heteroatoms. The molecule has 0 amide bonds. The molecule has 1 saturated heterocycles. The minimum Gasteiger partial charge on any atom is -0.312 e. The van der Waals surface area contributed by atoms with Crippen LogP contribution in [-0.4, -0.2) is 35.6 Å². The van der Waals surface area contributed by atoms with Crippen LogP contribution < -0.4 is 5.32 Å². The van der Waals surface area contributed by atoms with Crippen molar-refractivity contribution in [2.45, 2.75) is 57.5 Å². The Morgan fingerprint density at radius 2 is 2.10 bits per heavy atom. The molecule has 1 aromatic rings. The Morgan fingerprint density at radius 1 is 1.24 bits per heavy atom. The first kappa shape index (κ1) is 15.0. The highest BCUT2D eigenvalue weighted by Crippen LogP contribution is 2.29. The number of nitrogens with zero attached hydrogens (tertiary/aromatic N) is 2. The van der Waals surface area contributed by atoms with E-state index in [4.69, 9.17) is 0 Å². The highest BCUT2D eigenvalue weighted by molar-refractivity contribution is 5.13. The van der Waals surface area contributed by atoms with Gasteiger partial charge in [0.2, 0.25) is 0 Å². The molecule has 2 atom stereocenters. The van der Waals surface area contributed by atoms with Crippen molar-refractivity contribution in [2.24, 2.45) is 5.92 Å². The lowest BCUT2D eigenvalue weighted by molar-refractivity contribution is 0.170. The Bertz CT molecular complexity index is 414. The molecule has 3 nitrogen and oxygen atoms in total. The van der Waals surface area contributed by atoms with Crippen molar-refractivity contribution >= 4 is 0 Å². The molecule has 0 aromatic carbocycles. The third-order valence-electron chi connectivity index (χ3n) is 5.39. The van der Waals surface area contributed by atoms with Crippen molar-refractivity contribution in [1.29, 1.82) is 0 Å². The monoisotopic (exact) mass is 287 g/mol. The molecule has 1 aliphatic carbocycles. The van der Waals surface area contributed by atoms with Crippen LogP contribution in [0.15, 0.2) is 24.5 Å². The van der Waals surface area contributed by atoms with Crippen LogP contribution in [0, 0.1) is 5.92 Å². The molecule has 1 aliphatic heterocycles. The molecule has 2 heterocycles. The van der Waals surface area contributed by atoms with Crippen molar-refractivity contribution < 1.29 is 0 Å². The highest BCUT2D eigenvalue weighted by atomic mass is 15.2. The van der Waals surface area contributed by atoms with Crippen molar-refractivity contribution in [3.8, 4) is 0 Å². The van der Waals surface area contributed by atoms with Gasteiger partial charge < -0.3 is 5.32 Å². The zero-order valence-corrected chi connectivity index (χ0v) is 13.3. The van der Waals surface area contributed by atoms with E-state index in [1.165, 1.54) is 63.7 Å². The lowest BCUT2D eigenvalue weighted by Crippen LogP contribution is -2.44. The van der Waals surface area contributed by atoms with E-state index in [0.29, 0.717) is 12.1 Å². The molecule has 21 heavy (non-hydrogen) atoms. The lowest BCUT2D eigenvalue weighted by Gasteiger charge is -2.35. The van der Waals surface area contributed by atoms with Gasteiger partial charge in [0.15, 0.2) is 0 Å². The van der Waals surface area contributed by atoms with Crippen molar-refractivity contribution in [3.05, 3.63) is 30.1 Å². The van der Waals surface area contributed by atoms with Crippen LogP contribution >= 0.6 is 0 Å². The third-order valence-corrected chi connectivity index (χ3v) is 5.39. The first-order chi connectivity index (χ1) is 10.3. The van der Waals surface area contributed by atoms with Crippen LogP contribution in [0.2, 0.25) is 0 Å². The summed E-state index contributed by atoms with van der Waals surface area (Å²) in [6.45, 7) is 5.91. The normalized spacial score (nSPS) is 27.2. The van der Waals surface area contributed by atoms with Gasteiger partial charge in [0, 0.05) is 37.6 Å². The van der Waals surface area contributed by atoms with Gasteiger partial charge in [-0.2, -0.15) is 0 Å². The van der Waals surface area contributed by atoms with Crippen molar-refractivity contribution in [1.82, 2.24) is 15.2 Å². The molecule has 3 rings (SSSR count). The molecule has 0 spiro atoms. The number of hydrogen-bond acceptors (Lipinski definition) is 3. The summed E-state index contributed by atoms with van der Waals surface area (Å²) in [5.41, 5.74) is 1.35. The number of nitrogens with one attached hydrogen (secondary N) is 1. The van der Waals surface area contributed by atoms with Crippen molar-refractivity contribution in [3.63, 3.8) is 0 Å². The fraction of sp³-hybridized carbons (Fsp3) is 0.722. The predicted octanol–water partition coefficient (Wildman–Crippen LogP) is 3.39. The summed E-state index contributed by atoms with van der Waals surface area (Å²) in [6, 6.07) is 5.43. The molecular weight excluding hydrogens is 258 g/mol. The zero-order valence-electron chi connectivity index (χ0n) is 13.3. The topological polar surface area (TPSA) is 28.2 Å². The van der Waals surface area contributed by atoms with E-state index in [1.807, 2.05) is 12.4 Å². The summed E-state index contributed by atoms with van der Waals surface area (Å²) < 4.78 is 0. The minimum atomic E-state index is 0.477. The summed E-state index contributed by atoms with van der Waals surface area (Å²) in [7, 11) is 0. The summed E-state index contributed by atoms with van der Waals surface area (Å²) >= 11 is 0. The van der Waals surface area contributed by atoms with Gasteiger partial charge in [-0.3, -0.25) is 9.88 Å². The summed E-state index contributed by atoms with van der Waals surface area (Å²) in [5.74, 6) is 0.889. The number of hydrogen-bond donors (Lipinski definition) is 1. The van der Waals surface area contributed by atoms with E-state index in [-0.39, 0.29) is 0 Å². The molecule has 1 saturated carbocycles. The standard InChI is InChI=1S/C18H29N3/c1-15(17-9-5-10-19-13-17)21-12-6-11-20-18(14-21)16-7-3-2-4-8-16/h5,9-10,13,15-16,18,20H,2-4,6-8,11-12,14H2,1H3. The third kappa shape index (κ3) is 3.83. The molecule has 0 radical (unpaired) electrons. The Balaban J connectivity index is 1.66. The van der Waals surface area contributed by atoms with E-state index < -0.39 is 0 Å². The summed E-state index contributed by atoms with van der Waals surface area (Å²) in [4.78, 5) is 6.95. The van der Waals surface area contributed by atoms with Gasteiger partial charge in [0.05, 0.1) is 0 Å². The maximum atomic E-state index is 4.29. The van der Waals surface area contributed by atoms with E-state index in [2.05, 4.69) is 34.3 Å². The van der Waals surface area contributed by atoms with E-state index in [1.54, 1.807) is 0 Å². The average molecular weight is 287 g/mol. The van der Waals surface area contributed by atoms with Crippen LogP contribution in [0.5, 0.6) is 0 Å². The molecule has 0 bridgehead atoms. The van der Waals surface area contributed by atoms with Gasteiger partial charge >= 0.3 is 0 Å². The van der Waals surface area contributed by atoms with Crippen LogP contribution in [0.1, 0.15) is 57.1 Å². The largest absolute Gasteiger partial charge is 0.312 e. The van der Waals surface area contributed by atoms with Crippen molar-refractivity contribution in [2.75, 3.05) is 19.6 Å². The lowest BCUT2D eigenvalue weighted by atomic mass is 9.83. The Kier molecular flexibility index (Phi) is 5.26. The summed E-state index contributed by atoms with van der Waals surface area (Å²) in [5, 5.41) is 3.83. The average Bonchev–Trinajstić information content (AvgIpc) is 2.82. The molecule has 2 aliphatic rings. The van der Waals surface area contributed by atoms with E-state index in [0.717, 1.165) is 5.92 Å². The maximum absolute atomic E-state index is 4.29.